The van der Waals surface area contributed by atoms with Gasteiger partial charge in [0.2, 0.25) is 0 Å². The topological polar surface area (TPSA) is 58.6 Å². The van der Waals surface area contributed by atoms with Crippen LogP contribution in [0.3, 0.4) is 0 Å². The minimum atomic E-state index is -0.215. The van der Waals surface area contributed by atoms with Crippen LogP contribution in [0.5, 0.6) is 5.75 Å². The zero-order valence-corrected chi connectivity index (χ0v) is 18.6. The molecule has 0 atom stereocenters. The number of benzene rings is 2. The second kappa shape index (κ2) is 12.0. The fourth-order valence-corrected chi connectivity index (χ4v) is 3.09. The number of ether oxygens (including phenoxy) is 1. The lowest BCUT2D eigenvalue weighted by molar-refractivity contribution is 0.0755. The molecule has 0 spiro atoms. The molecular weight excluding hydrogens is 376 g/mol. The summed E-state index contributed by atoms with van der Waals surface area (Å²) in [4.78, 5) is 27.3. The van der Waals surface area contributed by atoms with Crippen molar-refractivity contribution < 1.29 is 14.3 Å². The standard InChI is InChI=1S/C25H34N2O3/c1-5-15-27(16-6-2)25(29)21-8-7-9-22(18-21)26-24(28)20-10-12-23(13-11-20)30-17-14-19(3)4/h7-13,18-19H,5-6,14-17H2,1-4H3,(H,26,28). The third kappa shape index (κ3) is 7.21. The van der Waals surface area contributed by atoms with E-state index in [0.717, 1.165) is 38.1 Å². The molecule has 0 aromatic heterocycles. The number of anilines is 1. The van der Waals surface area contributed by atoms with Crippen LogP contribution in [0, 0.1) is 5.92 Å². The molecule has 5 nitrogen and oxygen atoms in total. The number of hydrogen-bond donors (Lipinski definition) is 1. The van der Waals surface area contributed by atoms with Gasteiger partial charge in [-0.3, -0.25) is 9.59 Å². The number of carbonyl (C=O) groups excluding carboxylic acids is 2. The summed E-state index contributed by atoms with van der Waals surface area (Å²) >= 11 is 0. The molecule has 1 N–H and O–H groups in total. The first kappa shape index (κ1) is 23.5. The van der Waals surface area contributed by atoms with E-state index in [1.54, 1.807) is 36.4 Å². The molecule has 0 radical (unpaired) electrons. The van der Waals surface area contributed by atoms with Crippen molar-refractivity contribution in [2.24, 2.45) is 5.92 Å². The molecule has 2 aromatic carbocycles. The van der Waals surface area contributed by atoms with Gasteiger partial charge in [0, 0.05) is 29.9 Å². The van der Waals surface area contributed by atoms with Gasteiger partial charge in [0.25, 0.3) is 11.8 Å². The zero-order valence-electron chi connectivity index (χ0n) is 18.6. The molecule has 0 unspecified atom stereocenters. The number of hydrogen-bond acceptors (Lipinski definition) is 3. The average molecular weight is 411 g/mol. The predicted octanol–water partition coefficient (Wildman–Crippen LogP) is 5.63. The lowest BCUT2D eigenvalue weighted by Crippen LogP contribution is -2.32. The maximum Gasteiger partial charge on any atom is 0.255 e. The van der Waals surface area contributed by atoms with Gasteiger partial charge in [0.05, 0.1) is 6.61 Å². The third-order valence-corrected chi connectivity index (χ3v) is 4.72. The fraction of sp³-hybridized carbons (Fsp3) is 0.440. The van der Waals surface area contributed by atoms with Gasteiger partial charge >= 0.3 is 0 Å². The Hall–Kier alpha value is -2.82. The fourth-order valence-electron chi connectivity index (χ4n) is 3.09. The molecule has 0 fully saturated rings. The Balaban J connectivity index is 2.01. The van der Waals surface area contributed by atoms with Crippen molar-refractivity contribution in [1.29, 1.82) is 0 Å². The van der Waals surface area contributed by atoms with Crippen LogP contribution in [0.15, 0.2) is 48.5 Å². The molecule has 0 saturated carbocycles. The van der Waals surface area contributed by atoms with Crippen LogP contribution in [0.25, 0.3) is 0 Å². The summed E-state index contributed by atoms with van der Waals surface area (Å²) in [6.07, 6.45) is 2.82. The van der Waals surface area contributed by atoms with Crippen LogP contribution >= 0.6 is 0 Å². The number of nitrogens with one attached hydrogen (secondary N) is 1. The Bertz CT molecular complexity index is 809. The molecule has 2 rings (SSSR count). The highest BCUT2D eigenvalue weighted by molar-refractivity contribution is 6.05. The second-order valence-electron chi connectivity index (χ2n) is 7.88. The first-order chi connectivity index (χ1) is 14.4. The highest BCUT2D eigenvalue weighted by Crippen LogP contribution is 2.17. The van der Waals surface area contributed by atoms with Crippen LogP contribution in [-0.2, 0) is 0 Å². The van der Waals surface area contributed by atoms with E-state index in [9.17, 15) is 9.59 Å². The maximum absolute atomic E-state index is 12.8. The highest BCUT2D eigenvalue weighted by Gasteiger charge is 2.15. The highest BCUT2D eigenvalue weighted by atomic mass is 16.5. The van der Waals surface area contributed by atoms with Gasteiger partial charge in [-0.25, -0.2) is 0 Å². The molecule has 0 aliphatic heterocycles. The molecule has 0 heterocycles. The van der Waals surface area contributed by atoms with Gasteiger partial charge in [0.1, 0.15) is 5.75 Å². The van der Waals surface area contributed by atoms with Crippen LogP contribution in [0.4, 0.5) is 5.69 Å². The number of carbonyl (C=O) groups is 2. The molecule has 2 aromatic rings. The van der Waals surface area contributed by atoms with Crippen molar-refractivity contribution >= 4 is 17.5 Å². The lowest BCUT2D eigenvalue weighted by Gasteiger charge is -2.21. The SMILES string of the molecule is CCCN(CCC)C(=O)c1cccc(NC(=O)c2ccc(OCCC(C)C)cc2)c1. The van der Waals surface area contributed by atoms with Gasteiger partial charge in [-0.1, -0.05) is 33.8 Å². The van der Waals surface area contributed by atoms with E-state index >= 15 is 0 Å². The van der Waals surface area contributed by atoms with Gasteiger partial charge in [0.15, 0.2) is 0 Å². The molecule has 0 aliphatic carbocycles. The quantitative estimate of drug-likeness (QED) is 0.522. The van der Waals surface area contributed by atoms with Crippen molar-refractivity contribution in [3.05, 3.63) is 59.7 Å². The van der Waals surface area contributed by atoms with E-state index in [2.05, 4.69) is 33.0 Å². The monoisotopic (exact) mass is 410 g/mol. The Kier molecular flexibility index (Phi) is 9.39. The summed E-state index contributed by atoms with van der Waals surface area (Å²) in [6.45, 7) is 10.6. The third-order valence-electron chi connectivity index (χ3n) is 4.72. The number of rotatable bonds is 11. The van der Waals surface area contributed by atoms with Crippen LogP contribution in [0.1, 0.15) is 67.7 Å². The van der Waals surface area contributed by atoms with Crippen LogP contribution in [0.2, 0.25) is 0 Å². The summed E-state index contributed by atoms with van der Waals surface area (Å²) in [7, 11) is 0. The summed E-state index contributed by atoms with van der Waals surface area (Å²) in [5.41, 5.74) is 1.74. The number of amides is 2. The van der Waals surface area contributed by atoms with E-state index in [4.69, 9.17) is 4.74 Å². The van der Waals surface area contributed by atoms with Crippen molar-refractivity contribution in [3.8, 4) is 5.75 Å². The van der Waals surface area contributed by atoms with E-state index in [1.807, 2.05) is 17.0 Å². The largest absolute Gasteiger partial charge is 0.494 e. The first-order valence-electron chi connectivity index (χ1n) is 10.9. The van der Waals surface area contributed by atoms with E-state index < -0.39 is 0 Å². The number of nitrogens with zero attached hydrogens (tertiary/aromatic N) is 1. The minimum absolute atomic E-state index is 0.00213. The maximum atomic E-state index is 12.8. The summed E-state index contributed by atoms with van der Waals surface area (Å²) < 4.78 is 5.70. The van der Waals surface area contributed by atoms with Gasteiger partial charge in [-0.05, 0) is 67.6 Å². The van der Waals surface area contributed by atoms with E-state index in [1.165, 1.54) is 0 Å². The Labute approximate surface area is 180 Å². The van der Waals surface area contributed by atoms with Crippen molar-refractivity contribution in [1.82, 2.24) is 4.90 Å². The Morgan fingerprint density at radius 3 is 2.23 bits per heavy atom. The van der Waals surface area contributed by atoms with Crippen molar-refractivity contribution in [3.63, 3.8) is 0 Å². The molecule has 0 saturated heterocycles. The molecule has 5 heteroatoms. The molecule has 30 heavy (non-hydrogen) atoms. The summed E-state index contributed by atoms with van der Waals surface area (Å²) in [6, 6.07) is 14.2. The van der Waals surface area contributed by atoms with Crippen molar-refractivity contribution in [2.45, 2.75) is 47.0 Å². The Morgan fingerprint density at radius 2 is 1.63 bits per heavy atom. The molecule has 0 aliphatic rings. The molecule has 0 bridgehead atoms. The normalized spacial score (nSPS) is 10.7. The second-order valence-corrected chi connectivity index (χ2v) is 7.88. The molecule has 2 amide bonds. The van der Waals surface area contributed by atoms with Crippen LogP contribution in [-0.4, -0.2) is 36.4 Å². The smallest absolute Gasteiger partial charge is 0.255 e. The summed E-state index contributed by atoms with van der Waals surface area (Å²) in [5.74, 6) is 1.13. The van der Waals surface area contributed by atoms with E-state index in [0.29, 0.717) is 29.3 Å². The lowest BCUT2D eigenvalue weighted by atomic mass is 10.1. The molecule has 162 valence electrons. The van der Waals surface area contributed by atoms with Gasteiger partial charge in [-0.15, -0.1) is 0 Å². The molecular formula is C25H34N2O3. The van der Waals surface area contributed by atoms with Crippen molar-refractivity contribution in [2.75, 3.05) is 25.0 Å². The predicted molar refractivity (Wildman–Crippen MR) is 122 cm³/mol. The Morgan fingerprint density at radius 1 is 0.967 bits per heavy atom. The average Bonchev–Trinajstić information content (AvgIpc) is 2.73. The first-order valence-corrected chi connectivity index (χ1v) is 10.9. The minimum Gasteiger partial charge on any atom is -0.494 e. The van der Waals surface area contributed by atoms with Gasteiger partial charge < -0.3 is 15.0 Å². The summed E-state index contributed by atoms with van der Waals surface area (Å²) in [5, 5.41) is 2.88. The van der Waals surface area contributed by atoms with Crippen LogP contribution < -0.4 is 10.1 Å². The van der Waals surface area contributed by atoms with Gasteiger partial charge in [-0.2, -0.15) is 0 Å². The van der Waals surface area contributed by atoms with E-state index in [-0.39, 0.29) is 11.8 Å². The zero-order chi connectivity index (χ0) is 21.9.